The van der Waals surface area contributed by atoms with Gasteiger partial charge in [-0.25, -0.2) is 0 Å². The molecule has 19 heavy (non-hydrogen) atoms. The summed E-state index contributed by atoms with van der Waals surface area (Å²) in [6.07, 6.45) is 3.03. The van der Waals surface area contributed by atoms with Crippen molar-refractivity contribution in [2.45, 2.75) is 32.1 Å². The highest BCUT2D eigenvalue weighted by atomic mass is 32.1. The topological polar surface area (TPSA) is 54.9 Å². The fraction of sp³-hybridized carbons (Fsp3) is 0.357. The Hall–Kier alpha value is -1.75. The fourth-order valence-corrected chi connectivity index (χ4v) is 3.16. The number of hydrogen-bond donors (Lipinski definition) is 1. The number of rotatable bonds is 2. The van der Waals surface area contributed by atoms with Gasteiger partial charge in [0.05, 0.1) is 5.92 Å². The number of hydrogen-bond acceptors (Lipinski definition) is 4. The molecule has 0 fully saturated rings. The summed E-state index contributed by atoms with van der Waals surface area (Å²) in [6.45, 7) is 1.88. The van der Waals surface area contributed by atoms with Crippen LogP contribution in [0.5, 0.6) is 0 Å². The average molecular weight is 273 g/mol. The Labute approximate surface area is 115 Å². The molecule has 0 aliphatic heterocycles. The Kier molecular flexibility index (Phi) is 3.29. The van der Waals surface area contributed by atoms with Gasteiger partial charge in [-0.2, -0.15) is 0 Å². The minimum Gasteiger partial charge on any atom is -0.300 e. The molecule has 5 heteroatoms. The Bertz CT molecular complexity index is 608. The normalized spacial score (nSPS) is 17.8. The van der Waals surface area contributed by atoms with Crippen molar-refractivity contribution in [3.05, 3.63) is 40.4 Å². The first-order chi connectivity index (χ1) is 9.24. The molecule has 1 unspecified atom stereocenters. The smallest absolute Gasteiger partial charge is 0.233 e. The third kappa shape index (κ3) is 2.51. The van der Waals surface area contributed by atoms with Gasteiger partial charge in [-0.05, 0) is 37.3 Å². The van der Waals surface area contributed by atoms with Gasteiger partial charge in [0.25, 0.3) is 0 Å². The standard InChI is InChI=1S/C14H15N3OS/c1-9-16-17-14(19-9)15-13(18)12-8-4-6-10-5-2-3-7-11(10)12/h2-3,5,7,12H,4,6,8H2,1H3,(H,15,17,18). The van der Waals surface area contributed by atoms with E-state index in [9.17, 15) is 4.79 Å². The first-order valence-electron chi connectivity index (χ1n) is 6.43. The number of carbonyl (C=O) groups excluding carboxylic acids is 1. The van der Waals surface area contributed by atoms with E-state index in [0.29, 0.717) is 5.13 Å². The summed E-state index contributed by atoms with van der Waals surface area (Å²) in [5.74, 6) is -0.0301. The largest absolute Gasteiger partial charge is 0.300 e. The van der Waals surface area contributed by atoms with Gasteiger partial charge in [-0.3, -0.25) is 10.1 Å². The summed E-state index contributed by atoms with van der Waals surface area (Å²) < 4.78 is 0. The Morgan fingerprint density at radius 3 is 3.00 bits per heavy atom. The maximum Gasteiger partial charge on any atom is 0.233 e. The highest BCUT2D eigenvalue weighted by Crippen LogP contribution is 2.32. The summed E-state index contributed by atoms with van der Waals surface area (Å²) in [7, 11) is 0. The SMILES string of the molecule is Cc1nnc(NC(=O)C2CCCc3ccccc32)s1. The highest BCUT2D eigenvalue weighted by Gasteiger charge is 2.26. The van der Waals surface area contributed by atoms with E-state index in [-0.39, 0.29) is 11.8 Å². The number of nitrogens with one attached hydrogen (secondary N) is 1. The maximum atomic E-state index is 12.4. The molecule has 0 saturated carbocycles. The summed E-state index contributed by atoms with van der Waals surface area (Å²) in [6, 6.07) is 8.21. The number of carbonyl (C=O) groups is 1. The summed E-state index contributed by atoms with van der Waals surface area (Å²) in [5.41, 5.74) is 2.45. The summed E-state index contributed by atoms with van der Waals surface area (Å²) >= 11 is 1.41. The quantitative estimate of drug-likeness (QED) is 0.915. The van der Waals surface area contributed by atoms with E-state index in [4.69, 9.17) is 0 Å². The van der Waals surface area contributed by atoms with Crippen molar-refractivity contribution in [3.8, 4) is 0 Å². The molecule has 1 heterocycles. The number of anilines is 1. The first-order valence-corrected chi connectivity index (χ1v) is 7.24. The van der Waals surface area contributed by atoms with E-state index in [1.54, 1.807) is 0 Å². The number of aromatic nitrogens is 2. The van der Waals surface area contributed by atoms with Crippen molar-refractivity contribution in [3.63, 3.8) is 0 Å². The lowest BCUT2D eigenvalue weighted by atomic mass is 9.82. The molecule has 1 aromatic carbocycles. The van der Waals surface area contributed by atoms with E-state index in [1.165, 1.54) is 16.9 Å². The van der Waals surface area contributed by atoms with Gasteiger partial charge in [-0.15, -0.1) is 10.2 Å². The molecule has 0 saturated heterocycles. The van der Waals surface area contributed by atoms with E-state index < -0.39 is 0 Å². The molecule has 2 aromatic rings. The Morgan fingerprint density at radius 2 is 2.21 bits per heavy atom. The molecule has 1 aliphatic rings. The van der Waals surface area contributed by atoms with Crippen molar-refractivity contribution in [2.24, 2.45) is 0 Å². The van der Waals surface area contributed by atoms with Gasteiger partial charge in [0.2, 0.25) is 11.0 Å². The molecular formula is C14H15N3OS. The third-order valence-corrected chi connectivity index (χ3v) is 4.20. The molecule has 4 nitrogen and oxygen atoms in total. The second-order valence-electron chi connectivity index (χ2n) is 4.76. The minimum atomic E-state index is -0.0610. The summed E-state index contributed by atoms with van der Waals surface area (Å²) in [5, 5.41) is 12.2. The van der Waals surface area contributed by atoms with Crippen molar-refractivity contribution < 1.29 is 4.79 Å². The number of nitrogens with zero attached hydrogens (tertiary/aromatic N) is 2. The Balaban J connectivity index is 1.81. The van der Waals surface area contributed by atoms with Crippen LogP contribution in [0.15, 0.2) is 24.3 Å². The van der Waals surface area contributed by atoms with E-state index >= 15 is 0 Å². The van der Waals surface area contributed by atoms with E-state index in [0.717, 1.165) is 29.8 Å². The number of aryl methyl sites for hydroxylation is 2. The zero-order valence-corrected chi connectivity index (χ0v) is 11.5. The van der Waals surface area contributed by atoms with Crippen LogP contribution >= 0.6 is 11.3 Å². The zero-order valence-electron chi connectivity index (χ0n) is 10.7. The van der Waals surface area contributed by atoms with Crippen LogP contribution < -0.4 is 5.32 Å². The van der Waals surface area contributed by atoms with E-state index in [1.807, 2.05) is 19.1 Å². The molecule has 1 N–H and O–H groups in total. The molecular weight excluding hydrogens is 258 g/mol. The van der Waals surface area contributed by atoms with Crippen LogP contribution in [0.4, 0.5) is 5.13 Å². The van der Waals surface area contributed by atoms with Crippen LogP contribution in [-0.4, -0.2) is 16.1 Å². The van der Waals surface area contributed by atoms with Crippen molar-refractivity contribution >= 4 is 22.4 Å². The first kappa shape index (κ1) is 12.3. The molecule has 1 aromatic heterocycles. The van der Waals surface area contributed by atoms with Crippen LogP contribution in [0.2, 0.25) is 0 Å². The lowest BCUT2D eigenvalue weighted by molar-refractivity contribution is -0.117. The molecule has 1 atom stereocenters. The Morgan fingerprint density at radius 1 is 1.37 bits per heavy atom. The monoisotopic (exact) mass is 273 g/mol. The fourth-order valence-electron chi connectivity index (χ4n) is 2.57. The van der Waals surface area contributed by atoms with Crippen LogP contribution in [0.25, 0.3) is 0 Å². The molecule has 1 amide bonds. The molecule has 0 spiro atoms. The van der Waals surface area contributed by atoms with Crippen LogP contribution in [0.1, 0.15) is 34.9 Å². The van der Waals surface area contributed by atoms with Crippen LogP contribution in [0.3, 0.4) is 0 Å². The lowest BCUT2D eigenvalue weighted by Gasteiger charge is -2.24. The van der Waals surface area contributed by atoms with Crippen LogP contribution in [0, 0.1) is 6.92 Å². The predicted octanol–water partition coefficient (Wildman–Crippen LogP) is 2.91. The van der Waals surface area contributed by atoms with Gasteiger partial charge in [0.15, 0.2) is 0 Å². The predicted molar refractivity (Wildman–Crippen MR) is 75.4 cm³/mol. The van der Waals surface area contributed by atoms with Crippen molar-refractivity contribution in [1.29, 1.82) is 0 Å². The zero-order chi connectivity index (χ0) is 13.2. The number of amides is 1. The molecule has 1 aliphatic carbocycles. The molecule has 0 bridgehead atoms. The van der Waals surface area contributed by atoms with Crippen molar-refractivity contribution in [1.82, 2.24) is 10.2 Å². The molecule has 98 valence electrons. The van der Waals surface area contributed by atoms with Crippen LogP contribution in [-0.2, 0) is 11.2 Å². The second-order valence-corrected chi connectivity index (χ2v) is 5.94. The summed E-state index contributed by atoms with van der Waals surface area (Å²) in [4.78, 5) is 12.4. The lowest BCUT2D eigenvalue weighted by Crippen LogP contribution is -2.24. The molecule has 3 rings (SSSR count). The number of fused-ring (bicyclic) bond motifs is 1. The van der Waals surface area contributed by atoms with Gasteiger partial charge >= 0.3 is 0 Å². The van der Waals surface area contributed by atoms with Crippen molar-refractivity contribution in [2.75, 3.05) is 5.32 Å². The minimum absolute atomic E-state index is 0.0308. The maximum absolute atomic E-state index is 12.4. The molecule has 0 radical (unpaired) electrons. The third-order valence-electron chi connectivity index (χ3n) is 3.44. The van der Waals surface area contributed by atoms with Gasteiger partial charge < -0.3 is 0 Å². The van der Waals surface area contributed by atoms with E-state index in [2.05, 4.69) is 27.6 Å². The van der Waals surface area contributed by atoms with Gasteiger partial charge in [-0.1, -0.05) is 35.6 Å². The van der Waals surface area contributed by atoms with Gasteiger partial charge in [0.1, 0.15) is 5.01 Å². The average Bonchev–Trinajstić information content (AvgIpc) is 2.83. The van der Waals surface area contributed by atoms with Gasteiger partial charge in [0, 0.05) is 0 Å². The highest BCUT2D eigenvalue weighted by molar-refractivity contribution is 7.15. The number of benzene rings is 1. The second kappa shape index (κ2) is 5.09.